The number of amides is 2. The van der Waals surface area contributed by atoms with E-state index in [2.05, 4.69) is 15.1 Å². The first-order valence-electron chi connectivity index (χ1n) is 9.05. The maximum absolute atomic E-state index is 13.0. The average Bonchev–Trinajstić information content (AvgIpc) is 3.26. The highest BCUT2D eigenvalue weighted by Crippen LogP contribution is 2.43. The van der Waals surface area contributed by atoms with E-state index in [4.69, 9.17) is 5.73 Å². The number of aromatic nitrogens is 2. The van der Waals surface area contributed by atoms with Gasteiger partial charge in [0.25, 0.3) is 5.91 Å². The van der Waals surface area contributed by atoms with E-state index in [0.717, 1.165) is 45.6 Å². The second-order valence-corrected chi connectivity index (χ2v) is 9.46. The summed E-state index contributed by atoms with van der Waals surface area (Å²) in [5, 5.41) is 10.1. The van der Waals surface area contributed by atoms with Crippen molar-refractivity contribution in [3.8, 4) is 0 Å². The lowest BCUT2D eigenvalue weighted by molar-refractivity contribution is -0.119. The zero-order valence-electron chi connectivity index (χ0n) is 15.0. The molecule has 2 aromatic rings. The van der Waals surface area contributed by atoms with Crippen LogP contribution in [0.3, 0.4) is 0 Å². The molecule has 0 spiro atoms. The third kappa shape index (κ3) is 2.87. The Morgan fingerprint density at radius 2 is 2.00 bits per heavy atom. The summed E-state index contributed by atoms with van der Waals surface area (Å²) in [4.78, 5) is 32.5. The van der Waals surface area contributed by atoms with E-state index >= 15 is 0 Å². The fraction of sp³-hybridized carbons (Fsp3) is 0.529. The monoisotopic (exact) mass is 404 g/mol. The molecule has 3 aliphatic rings. The summed E-state index contributed by atoms with van der Waals surface area (Å²) in [5.74, 6) is 0.548. The third-order valence-electron chi connectivity index (χ3n) is 5.36. The van der Waals surface area contributed by atoms with Crippen LogP contribution < -0.4 is 15.5 Å². The van der Waals surface area contributed by atoms with Crippen LogP contribution in [0.1, 0.15) is 33.6 Å². The lowest BCUT2D eigenvalue weighted by atomic mass is 10.0. The van der Waals surface area contributed by atoms with Crippen molar-refractivity contribution in [2.75, 3.05) is 42.2 Å². The minimum absolute atomic E-state index is 0.0175. The number of likely N-dealkylation sites (N-methyl/N-ethyl adjacent to an activating group) is 1. The maximum atomic E-state index is 13.0. The van der Waals surface area contributed by atoms with Gasteiger partial charge < -0.3 is 20.4 Å². The highest BCUT2D eigenvalue weighted by atomic mass is 32.1. The van der Waals surface area contributed by atoms with E-state index in [0.29, 0.717) is 17.6 Å². The molecule has 4 heterocycles. The molecule has 2 amide bonds. The summed E-state index contributed by atoms with van der Waals surface area (Å²) >= 11 is 2.96. The van der Waals surface area contributed by atoms with Crippen molar-refractivity contribution < 1.29 is 9.59 Å². The van der Waals surface area contributed by atoms with Crippen LogP contribution in [0.2, 0.25) is 0 Å². The number of anilines is 3. The fourth-order valence-corrected chi connectivity index (χ4v) is 5.74. The van der Waals surface area contributed by atoms with E-state index in [1.807, 2.05) is 4.90 Å². The topological polar surface area (TPSA) is 95.7 Å². The average molecular weight is 405 g/mol. The largest absolute Gasteiger partial charge is 0.374 e. The predicted molar refractivity (Wildman–Crippen MR) is 105 cm³/mol. The van der Waals surface area contributed by atoms with Crippen molar-refractivity contribution in [3.63, 3.8) is 0 Å². The van der Waals surface area contributed by atoms with Crippen LogP contribution in [0.15, 0.2) is 0 Å². The number of carbonyl (C=O) groups excluding carboxylic acids is 2. The first kappa shape index (κ1) is 16.9. The number of nitrogen functional groups attached to an aromatic ring is 1. The van der Waals surface area contributed by atoms with Crippen LogP contribution in [0, 0.1) is 5.92 Å². The maximum Gasteiger partial charge on any atom is 0.257 e. The predicted octanol–water partition coefficient (Wildman–Crippen LogP) is 1.57. The Labute approximate surface area is 164 Å². The summed E-state index contributed by atoms with van der Waals surface area (Å²) in [7, 11) is 1.72. The molecule has 1 aliphatic carbocycles. The van der Waals surface area contributed by atoms with Crippen molar-refractivity contribution in [2.24, 2.45) is 5.92 Å². The van der Waals surface area contributed by atoms with Crippen molar-refractivity contribution >= 4 is 49.8 Å². The molecule has 2 aliphatic heterocycles. The van der Waals surface area contributed by atoms with Crippen LogP contribution in [-0.2, 0) is 17.8 Å². The van der Waals surface area contributed by atoms with Crippen molar-refractivity contribution in [1.29, 1.82) is 0 Å². The van der Waals surface area contributed by atoms with Gasteiger partial charge in [-0.1, -0.05) is 11.3 Å². The quantitative estimate of drug-likeness (QED) is 0.834. The van der Waals surface area contributed by atoms with Gasteiger partial charge in [0.1, 0.15) is 11.5 Å². The van der Waals surface area contributed by atoms with Gasteiger partial charge in [0.2, 0.25) is 16.2 Å². The van der Waals surface area contributed by atoms with E-state index in [9.17, 15) is 9.59 Å². The number of hydrogen-bond donors (Lipinski definition) is 1. The van der Waals surface area contributed by atoms with Crippen LogP contribution in [0.4, 0.5) is 15.3 Å². The Kier molecular flexibility index (Phi) is 3.87. The molecule has 8 nitrogen and oxygen atoms in total. The SMILES string of the molecule is CN1CC(=O)N(CC2CC2)c2sc3c(c2C1=O)CCN(c1nnc(N)s1)C3. The molecule has 27 heavy (non-hydrogen) atoms. The Hall–Kier alpha value is -2.20. The molecule has 0 saturated heterocycles. The number of carbonyl (C=O) groups is 2. The first-order chi connectivity index (χ1) is 13.0. The molecule has 0 aromatic carbocycles. The number of fused-ring (bicyclic) bond motifs is 3. The highest BCUT2D eigenvalue weighted by molar-refractivity contribution is 7.19. The molecule has 0 radical (unpaired) electrons. The van der Waals surface area contributed by atoms with Gasteiger partial charge >= 0.3 is 0 Å². The van der Waals surface area contributed by atoms with Crippen LogP contribution in [-0.4, -0.2) is 53.6 Å². The van der Waals surface area contributed by atoms with Crippen LogP contribution in [0.5, 0.6) is 0 Å². The summed E-state index contributed by atoms with van der Waals surface area (Å²) < 4.78 is 0. The number of thiophene rings is 1. The molecule has 5 rings (SSSR count). The van der Waals surface area contributed by atoms with E-state index in [1.54, 1.807) is 23.3 Å². The molecule has 2 N–H and O–H groups in total. The van der Waals surface area contributed by atoms with Gasteiger partial charge in [-0.2, -0.15) is 0 Å². The summed E-state index contributed by atoms with van der Waals surface area (Å²) in [6.07, 6.45) is 3.09. The van der Waals surface area contributed by atoms with Gasteiger partial charge in [-0.15, -0.1) is 21.5 Å². The van der Waals surface area contributed by atoms with Crippen molar-refractivity contribution in [3.05, 3.63) is 16.0 Å². The highest BCUT2D eigenvalue weighted by Gasteiger charge is 2.39. The molecule has 142 valence electrons. The van der Waals surface area contributed by atoms with Gasteiger partial charge in [0.15, 0.2) is 0 Å². The number of nitrogens with two attached hydrogens (primary N) is 1. The second kappa shape index (κ2) is 6.16. The molecule has 1 saturated carbocycles. The minimum atomic E-state index is -0.0391. The van der Waals surface area contributed by atoms with E-state index in [1.165, 1.54) is 24.2 Å². The molecular weight excluding hydrogens is 384 g/mol. The lowest BCUT2D eigenvalue weighted by Gasteiger charge is -2.26. The van der Waals surface area contributed by atoms with Gasteiger partial charge in [-0.25, -0.2) is 0 Å². The standard InChI is InChI=1S/C17H20N6O2S2/c1-21-8-12(24)23(6-9-2-3-9)15-13(14(21)25)10-4-5-22(7-11(10)26-15)17-20-19-16(18)27-17/h9H,2-8H2,1H3,(H2,18,19). The smallest absolute Gasteiger partial charge is 0.257 e. The molecule has 2 aromatic heterocycles. The number of hydrogen-bond acceptors (Lipinski definition) is 8. The van der Waals surface area contributed by atoms with Crippen LogP contribution in [0.25, 0.3) is 0 Å². The summed E-state index contributed by atoms with van der Waals surface area (Å²) in [6, 6.07) is 0. The fourth-order valence-electron chi connectivity index (χ4n) is 3.72. The third-order valence-corrected chi connectivity index (χ3v) is 7.41. The zero-order valence-corrected chi connectivity index (χ0v) is 16.6. The Bertz CT molecular complexity index is 934. The van der Waals surface area contributed by atoms with Gasteiger partial charge in [-0.3, -0.25) is 9.59 Å². The first-order valence-corrected chi connectivity index (χ1v) is 10.7. The normalized spacial score (nSPS) is 20.0. The molecule has 1 fully saturated rings. The van der Waals surface area contributed by atoms with Gasteiger partial charge in [-0.05, 0) is 30.7 Å². The van der Waals surface area contributed by atoms with Gasteiger partial charge in [0.05, 0.1) is 12.1 Å². The zero-order chi connectivity index (χ0) is 18.7. The number of nitrogens with zero attached hydrogens (tertiary/aromatic N) is 5. The van der Waals surface area contributed by atoms with Crippen molar-refractivity contribution in [2.45, 2.75) is 25.8 Å². The van der Waals surface area contributed by atoms with Gasteiger partial charge in [0, 0.05) is 25.0 Å². The van der Waals surface area contributed by atoms with Crippen molar-refractivity contribution in [1.82, 2.24) is 15.1 Å². The summed E-state index contributed by atoms with van der Waals surface area (Å²) in [5.41, 5.74) is 7.55. The number of rotatable bonds is 3. The minimum Gasteiger partial charge on any atom is -0.374 e. The molecular formula is C17H20N6O2S2. The van der Waals surface area contributed by atoms with Crippen LogP contribution >= 0.6 is 22.7 Å². The molecule has 0 unspecified atom stereocenters. The Balaban J connectivity index is 1.54. The molecule has 0 atom stereocenters. The van der Waals surface area contributed by atoms with E-state index < -0.39 is 0 Å². The summed E-state index contributed by atoms with van der Waals surface area (Å²) in [6.45, 7) is 2.31. The molecule has 0 bridgehead atoms. The van der Waals surface area contributed by atoms with E-state index in [-0.39, 0.29) is 18.4 Å². The molecule has 10 heteroatoms. The Morgan fingerprint density at radius 3 is 2.70 bits per heavy atom. The lowest BCUT2D eigenvalue weighted by Crippen LogP contribution is -2.38. The second-order valence-electron chi connectivity index (χ2n) is 7.39. The Morgan fingerprint density at radius 1 is 1.19 bits per heavy atom.